The van der Waals surface area contributed by atoms with Gasteiger partial charge in [0.1, 0.15) is 5.60 Å². The van der Waals surface area contributed by atoms with Gasteiger partial charge in [-0.05, 0) is 27.2 Å². The van der Waals surface area contributed by atoms with Gasteiger partial charge >= 0.3 is 6.09 Å². The van der Waals surface area contributed by atoms with Crippen molar-refractivity contribution in [3.8, 4) is 0 Å². The SMILES string of the molecule is CC(C)(C)OC(=O)N1CCC(S(=O)(=O)c2ncc(Cl)cn2)C1. The van der Waals surface area contributed by atoms with Gasteiger partial charge in [0.15, 0.2) is 0 Å². The van der Waals surface area contributed by atoms with Crippen LogP contribution in [0.2, 0.25) is 5.02 Å². The molecule has 2 rings (SSSR count). The lowest BCUT2D eigenvalue weighted by molar-refractivity contribution is 0.0295. The van der Waals surface area contributed by atoms with Crippen LogP contribution in [0.15, 0.2) is 17.6 Å². The molecule has 1 aromatic rings. The summed E-state index contributed by atoms with van der Waals surface area (Å²) < 4.78 is 30.2. The summed E-state index contributed by atoms with van der Waals surface area (Å²) in [5.41, 5.74) is -0.618. The molecule has 2 heterocycles. The van der Waals surface area contributed by atoms with E-state index in [4.69, 9.17) is 16.3 Å². The molecule has 1 atom stereocenters. The third kappa shape index (κ3) is 3.86. The predicted octanol–water partition coefficient (Wildman–Crippen LogP) is 1.91. The van der Waals surface area contributed by atoms with Crippen LogP contribution in [-0.4, -0.2) is 53.3 Å². The second kappa shape index (κ2) is 6.00. The normalized spacial score (nSPS) is 19.3. The van der Waals surface area contributed by atoms with Crippen LogP contribution >= 0.6 is 11.6 Å². The Bertz CT molecular complexity index is 655. The van der Waals surface area contributed by atoms with Crippen LogP contribution in [0.4, 0.5) is 4.79 Å². The predicted molar refractivity (Wildman–Crippen MR) is 80.4 cm³/mol. The number of nitrogens with zero attached hydrogens (tertiary/aromatic N) is 3. The topological polar surface area (TPSA) is 89.5 Å². The van der Waals surface area contributed by atoms with Crippen LogP contribution in [0.5, 0.6) is 0 Å². The summed E-state index contributed by atoms with van der Waals surface area (Å²) in [5.74, 6) is 0. The highest BCUT2D eigenvalue weighted by Gasteiger charge is 2.39. The Morgan fingerprint density at radius 1 is 1.36 bits per heavy atom. The number of carbonyl (C=O) groups excluding carboxylic acids is 1. The third-order valence-electron chi connectivity index (χ3n) is 3.09. The van der Waals surface area contributed by atoms with Crippen molar-refractivity contribution in [1.82, 2.24) is 14.9 Å². The van der Waals surface area contributed by atoms with Crippen molar-refractivity contribution in [2.24, 2.45) is 0 Å². The molecule has 7 nitrogen and oxygen atoms in total. The molecular weight excluding hydrogens is 330 g/mol. The van der Waals surface area contributed by atoms with Gasteiger partial charge in [0.05, 0.1) is 22.7 Å². The molecular formula is C13H18ClN3O4S. The van der Waals surface area contributed by atoms with Gasteiger partial charge in [-0.15, -0.1) is 0 Å². The van der Waals surface area contributed by atoms with Gasteiger partial charge in [-0.25, -0.2) is 23.2 Å². The van der Waals surface area contributed by atoms with Crippen molar-refractivity contribution in [2.45, 2.75) is 43.2 Å². The van der Waals surface area contributed by atoms with E-state index in [2.05, 4.69) is 9.97 Å². The monoisotopic (exact) mass is 347 g/mol. The lowest BCUT2D eigenvalue weighted by atomic mass is 10.2. The maximum atomic E-state index is 12.5. The van der Waals surface area contributed by atoms with E-state index < -0.39 is 26.8 Å². The van der Waals surface area contributed by atoms with E-state index in [9.17, 15) is 13.2 Å². The Labute approximate surface area is 134 Å². The molecule has 9 heteroatoms. The van der Waals surface area contributed by atoms with Crippen molar-refractivity contribution >= 4 is 27.5 Å². The van der Waals surface area contributed by atoms with Gasteiger partial charge in [-0.1, -0.05) is 11.6 Å². The number of carbonyl (C=O) groups is 1. The van der Waals surface area contributed by atoms with Gasteiger partial charge in [-0.3, -0.25) is 0 Å². The second-order valence-corrected chi connectivity index (χ2v) is 8.62. The largest absolute Gasteiger partial charge is 0.444 e. The minimum Gasteiger partial charge on any atom is -0.444 e. The maximum absolute atomic E-state index is 12.5. The summed E-state index contributed by atoms with van der Waals surface area (Å²) in [5, 5.41) is -0.741. The van der Waals surface area contributed by atoms with Crippen LogP contribution in [0.25, 0.3) is 0 Å². The minimum absolute atomic E-state index is 0.0727. The fraction of sp³-hybridized carbons (Fsp3) is 0.615. The molecule has 0 aliphatic carbocycles. The third-order valence-corrected chi connectivity index (χ3v) is 5.26. The van der Waals surface area contributed by atoms with Gasteiger partial charge in [0.2, 0.25) is 15.0 Å². The number of hydrogen-bond acceptors (Lipinski definition) is 6. The second-order valence-electron chi connectivity index (χ2n) is 6.07. The standard InChI is InChI=1S/C13H18ClN3O4S/c1-13(2,3)21-12(18)17-5-4-10(8-17)22(19,20)11-15-6-9(14)7-16-11/h6-7,10H,4-5,8H2,1-3H3. The number of ether oxygens (including phenoxy) is 1. The Kier molecular flexibility index (Phi) is 4.62. The number of hydrogen-bond donors (Lipinski definition) is 0. The van der Waals surface area contributed by atoms with E-state index in [0.717, 1.165) is 0 Å². The first-order chi connectivity index (χ1) is 10.1. The lowest BCUT2D eigenvalue weighted by Crippen LogP contribution is -2.36. The van der Waals surface area contributed by atoms with E-state index >= 15 is 0 Å². The fourth-order valence-corrected chi connectivity index (χ4v) is 3.66. The van der Waals surface area contributed by atoms with Crippen LogP contribution in [0.1, 0.15) is 27.2 Å². The number of likely N-dealkylation sites (tertiary alicyclic amines) is 1. The Hall–Kier alpha value is -1.41. The molecule has 22 heavy (non-hydrogen) atoms. The maximum Gasteiger partial charge on any atom is 0.410 e. The highest BCUT2D eigenvalue weighted by molar-refractivity contribution is 7.91. The van der Waals surface area contributed by atoms with Crippen molar-refractivity contribution in [1.29, 1.82) is 0 Å². The first-order valence-electron chi connectivity index (χ1n) is 6.79. The fourth-order valence-electron chi connectivity index (χ4n) is 2.07. The lowest BCUT2D eigenvalue weighted by Gasteiger charge is -2.24. The molecule has 1 fully saturated rings. The molecule has 1 aromatic heterocycles. The molecule has 0 radical (unpaired) electrons. The molecule has 0 bridgehead atoms. The summed E-state index contributed by atoms with van der Waals surface area (Å²) in [4.78, 5) is 20.9. The van der Waals surface area contributed by atoms with Crippen molar-refractivity contribution in [3.63, 3.8) is 0 Å². The highest BCUT2D eigenvalue weighted by Crippen LogP contribution is 2.23. The number of amides is 1. The zero-order valence-electron chi connectivity index (χ0n) is 12.6. The van der Waals surface area contributed by atoms with Crippen LogP contribution in [0.3, 0.4) is 0 Å². The van der Waals surface area contributed by atoms with E-state index in [1.807, 2.05) is 0 Å². The van der Waals surface area contributed by atoms with E-state index in [0.29, 0.717) is 13.0 Å². The van der Waals surface area contributed by atoms with E-state index in [1.54, 1.807) is 20.8 Å². The molecule has 1 unspecified atom stereocenters. The molecule has 0 N–H and O–H groups in total. The zero-order chi connectivity index (χ0) is 16.5. The Morgan fingerprint density at radius 2 is 1.95 bits per heavy atom. The molecule has 0 aromatic carbocycles. The van der Waals surface area contributed by atoms with Gasteiger partial charge < -0.3 is 9.64 Å². The van der Waals surface area contributed by atoms with Crippen molar-refractivity contribution < 1.29 is 17.9 Å². The Balaban J connectivity index is 2.09. The number of halogens is 1. The number of rotatable bonds is 2. The molecule has 0 spiro atoms. The highest BCUT2D eigenvalue weighted by atomic mass is 35.5. The van der Waals surface area contributed by atoms with Gasteiger partial charge in [0.25, 0.3) is 0 Å². The summed E-state index contributed by atoms with van der Waals surface area (Å²) in [7, 11) is -3.70. The quantitative estimate of drug-likeness (QED) is 0.759. The average Bonchev–Trinajstić information content (AvgIpc) is 2.87. The van der Waals surface area contributed by atoms with Crippen LogP contribution in [-0.2, 0) is 14.6 Å². The number of aromatic nitrogens is 2. The molecule has 1 aliphatic heterocycles. The van der Waals surface area contributed by atoms with Gasteiger partial charge in [0, 0.05) is 13.1 Å². The minimum atomic E-state index is -3.70. The summed E-state index contributed by atoms with van der Waals surface area (Å²) >= 11 is 5.66. The van der Waals surface area contributed by atoms with E-state index in [1.165, 1.54) is 17.3 Å². The smallest absolute Gasteiger partial charge is 0.410 e. The summed E-state index contributed by atoms with van der Waals surface area (Å²) in [6, 6.07) is 0. The van der Waals surface area contributed by atoms with E-state index in [-0.39, 0.29) is 16.7 Å². The zero-order valence-corrected chi connectivity index (χ0v) is 14.2. The molecule has 1 aliphatic rings. The molecule has 0 saturated carbocycles. The average molecular weight is 348 g/mol. The van der Waals surface area contributed by atoms with Crippen LogP contribution < -0.4 is 0 Å². The van der Waals surface area contributed by atoms with Crippen molar-refractivity contribution in [2.75, 3.05) is 13.1 Å². The Morgan fingerprint density at radius 3 is 2.50 bits per heavy atom. The molecule has 122 valence electrons. The van der Waals surface area contributed by atoms with Gasteiger partial charge in [-0.2, -0.15) is 0 Å². The summed E-state index contributed by atoms with van der Waals surface area (Å²) in [6.45, 7) is 5.68. The first kappa shape index (κ1) is 17.0. The summed E-state index contributed by atoms with van der Waals surface area (Å²) in [6.07, 6.45) is 2.29. The number of sulfone groups is 1. The van der Waals surface area contributed by atoms with Crippen LogP contribution in [0, 0.1) is 0 Å². The van der Waals surface area contributed by atoms with Crippen molar-refractivity contribution in [3.05, 3.63) is 17.4 Å². The molecule has 1 saturated heterocycles. The molecule has 1 amide bonds. The first-order valence-corrected chi connectivity index (χ1v) is 8.71.